The third-order valence-electron chi connectivity index (χ3n) is 3.42. The molecule has 0 bridgehead atoms. The van der Waals surface area contributed by atoms with Crippen LogP contribution in [0, 0.1) is 0 Å². The highest BCUT2D eigenvalue weighted by molar-refractivity contribution is 7.09. The maximum atomic E-state index is 11.4. The zero-order chi connectivity index (χ0) is 16.2. The summed E-state index contributed by atoms with van der Waals surface area (Å²) in [6.45, 7) is 3.54. The van der Waals surface area contributed by atoms with Gasteiger partial charge < -0.3 is 19.4 Å². The summed E-state index contributed by atoms with van der Waals surface area (Å²) in [6, 6.07) is 3.67. The topological polar surface area (TPSA) is 84.7 Å². The van der Waals surface area contributed by atoms with Crippen LogP contribution >= 0.6 is 11.3 Å². The van der Waals surface area contributed by atoms with Crippen LogP contribution < -0.4 is 5.32 Å². The molecule has 3 rings (SSSR count). The Morgan fingerprint density at radius 3 is 3.09 bits per heavy atom. The van der Waals surface area contributed by atoms with E-state index in [0.717, 1.165) is 10.7 Å². The summed E-state index contributed by atoms with van der Waals surface area (Å²) in [7, 11) is 0. The van der Waals surface area contributed by atoms with E-state index in [9.17, 15) is 9.59 Å². The van der Waals surface area contributed by atoms with Gasteiger partial charge in [0.05, 0.1) is 18.1 Å². The van der Waals surface area contributed by atoms with E-state index >= 15 is 0 Å². The van der Waals surface area contributed by atoms with E-state index in [2.05, 4.69) is 10.3 Å². The van der Waals surface area contributed by atoms with Gasteiger partial charge >= 0.3 is 6.09 Å². The van der Waals surface area contributed by atoms with Gasteiger partial charge in [-0.1, -0.05) is 0 Å². The Kier molecular flexibility index (Phi) is 4.61. The molecule has 0 unspecified atom stereocenters. The molecule has 1 aliphatic rings. The SMILES string of the molecule is CC(=O)NCc1ccc(-c2csc(CCN3CCOC3=O)n2)o1. The predicted octanol–water partition coefficient (Wildman–Crippen LogP) is 2.03. The van der Waals surface area contributed by atoms with Gasteiger partial charge in [-0.05, 0) is 12.1 Å². The molecule has 1 saturated heterocycles. The van der Waals surface area contributed by atoms with Crippen LogP contribution in [0.5, 0.6) is 0 Å². The Morgan fingerprint density at radius 2 is 2.35 bits per heavy atom. The Bertz CT molecular complexity index is 709. The maximum Gasteiger partial charge on any atom is 0.409 e. The average molecular weight is 335 g/mol. The van der Waals surface area contributed by atoms with Gasteiger partial charge in [0, 0.05) is 25.3 Å². The highest BCUT2D eigenvalue weighted by atomic mass is 32.1. The van der Waals surface area contributed by atoms with E-state index in [0.29, 0.717) is 44.2 Å². The lowest BCUT2D eigenvalue weighted by atomic mass is 10.3. The molecule has 2 amide bonds. The molecule has 0 spiro atoms. The molecule has 0 aliphatic carbocycles. The second kappa shape index (κ2) is 6.82. The lowest BCUT2D eigenvalue weighted by molar-refractivity contribution is -0.119. The number of cyclic esters (lactones) is 1. The first-order valence-corrected chi connectivity index (χ1v) is 8.19. The fourth-order valence-electron chi connectivity index (χ4n) is 2.22. The molecule has 3 heterocycles. The van der Waals surface area contributed by atoms with E-state index in [-0.39, 0.29) is 12.0 Å². The zero-order valence-electron chi connectivity index (χ0n) is 12.7. The summed E-state index contributed by atoms with van der Waals surface area (Å²) in [6.07, 6.45) is 0.439. The lowest BCUT2D eigenvalue weighted by Gasteiger charge is -2.10. The summed E-state index contributed by atoms with van der Waals surface area (Å²) in [5, 5.41) is 5.56. The summed E-state index contributed by atoms with van der Waals surface area (Å²) < 4.78 is 10.6. The normalized spacial score (nSPS) is 14.1. The quantitative estimate of drug-likeness (QED) is 0.873. The highest BCUT2D eigenvalue weighted by Crippen LogP contribution is 2.24. The molecule has 1 aliphatic heterocycles. The van der Waals surface area contributed by atoms with Crippen LogP contribution in [0.4, 0.5) is 4.79 Å². The number of thiazole rings is 1. The number of ether oxygens (including phenoxy) is 1. The number of nitrogens with one attached hydrogen (secondary N) is 1. The first-order valence-electron chi connectivity index (χ1n) is 7.31. The van der Waals surface area contributed by atoms with Gasteiger partial charge in [0.2, 0.25) is 5.91 Å². The third-order valence-corrected chi connectivity index (χ3v) is 4.33. The van der Waals surface area contributed by atoms with Crippen LogP contribution in [0.3, 0.4) is 0 Å². The molecule has 7 nitrogen and oxygen atoms in total. The smallest absolute Gasteiger partial charge is 0.409 e. The van der Waals surface area contributed by atoms with Gasteiger partial charge in [-0.25, -0.2) is 9.78 Å². The summed E-state index contributed by atoms with van der Waals surface area (Å²) in [5.74, 6) is 1.26. The van der Waals surface area contributed by atoms with E-state index in [1.165, 1.54) is 18.3 Å². The minimum absolute atomic E-state index is 0.0978. The Hall–Kier alpha value is -2.35. The fourth-order valence-corrected chi connectivity index (χ4v) is 3.00. The minimum Gasteiger partial charge on any atom is -0.458 e. The maximum absolute atomic E-state index is 11.4. The Labute approximate surface area is 137 Å². The molecule has 2 aromatic heterocycles. The van der Waals surface area contributed by atoms with Gasteiger partial charge in [-0.3, -0.25) is 4.79 Å². The number of aromatic nitrogens is 1. The fraction of sp³-hybridized carbons (Fsp3) is 0.400. The van der Waals surface area contributed by atoms with Gasteiger partial charge in [-0.2, -0.15) is 0 Å². The standard InChI is InChI=1S/C15H17N3O4S/c1-10(19)16-8-11-2-3-13(22-11)12-9-23-14(17-12)4-5-18-6-7-21-15(18)20/h2-3,9H,4-8H2,1H3,(H,16,19). The number of rotatable bonds is 6. The monoisotopic (exact) mass is 335 g/mol. The third kappa shape index (κ3) is 3.89. The van der Waals surface area contributed by atoms with Gasteiger partial charge in [0.15, 0.2) is 5.76 Å². The molecular formula is C15H17N3O4S. The first kappa shape index (κ1) is 15.5. The van der Waals surface area contributed by atoms with Crippen molar-refractivity contribution >= 4 is 23.3 Å². The van der Waals surface area contributed by atoms with Crippen molar-refractivity contribution in [3.63, 3.8) is 0 Å². The van der Waals surface area contributed by atoms with Crippen molar-refractivity contribution in [2.24, 2.45) is 0 Å². The van der Waals surface area contributed by atoms with Crippen molar-refractivity contribution in [1.29, 1.82) is 0 Å². The Balaban J connectivity index is 1.58. The Morgan fingerprint density at radius 1 is 1.48 bits per heavy atom. The largest absolute Gasteiger partial charge is 0.458 e. The van der Waals surface area contributed by atoms with Gasteiger partial charge in [0.25, 0.3) is 0 Å². The molecule has 0 atom stereocenters. The molecule has 2 aromatic rings. The lowest BCUT2D eigenvalue weighted by Crippen LogP contribution is -2.26. The highest BCUT2D eigenvalue weighted by Gasteiger charge is 2.21. The van der Waals surface area contributed by atoms with Crippen molar-refractivity contribution in [1.82, 2.24) is 15.2 Å². The molecule has 1 N–H and O–H groups in total. The molecule has 1 fully saturated rings. The van der Waals surface area contributed by atoms with Crippen LogP contribution in [0.25, 0.3) is 11.5 Å². The number of hydrogen-bond acceptors (Lipinski definition) is 6. The van der Waals surface area contributed by atoms with Crippen molar-refractivity contribution < 1.29 is 18.7 Å². The molecule has 8 heteroatoms. The molecular weight excluding hydrogens is 318 g/mol. The van der Waals surface area contributed by atoms with Crippen LogP contribution in [0.1, 0.15) is 17.7 Å². The molecule has 122 valence electrons. The molecule has 23 heavy (non-hydrogen) atoms. The first-order chi connectivity index (χ1) is 11.1. The summed E-state index contributed by atoms with van der Waals surface area (Å²) in [4.78, 5) is 28.5. The predicted molar refractivity (Wildman–Crippen MR) is 84.0 cm³/mol. The van der Waals surface area contributed by atoms with Gasteiger partial charge in [0.1, 0.15) is 18.1 Å². The summed E-state index contributed by atoms with van der Waals surface area (Å²) in [5.41, 5.74) is 0.767. The van der Waals surface area contributed by atoms with Gasteiger partial charge in [-0.15, -0.1) is 11.3 Å². The number of carbonyl (C=O) groups is 2. The summed E-state index contributed by atoms with van der Waals surface area (Å²) >= 11 is 1.54. The average Bonchev–Trinajstić information content (AvgIpc) is 3.23. The zero-order valence-corrected chi connectivity index (χ0v) is 13.5. The number of furan rings is 1. The molecule has 0 aromatic carbocycles. The van der Waals surface area contributed by atoms with E-state index in [4.69, 9.17) is 9.15 Å². The second-order valence-corrected chi connectivity index (χ2v) is 6.10. The van der Waals surface area contributed by atoms with Crippen LogP contribution in [0.2, 0.25) is 0 Å². The van der Waals surface area contributed by atoms with E-state index < -0.39 is 0 Å². The van der Waals surface area contributed by atoms with Crippen molar-refractivity contribution in [2.75, 3.05) is 19.7 Å². The van der Waals surface area contributed by atoms with Crippen LogP contribution in [0.15, 0.2) is 21.9 Å². The number of carbonyl (C=O) groups excluding carboxylic acids is 2. The van der Waals surface area contributed by atoms with Crippen molar-refractivity contribution in [3.05, 3.63) is 28.3 Å². The minimum atomic E-state index is -0.254. The van der Waals surface area contributed by atoms with E-state index in [1.807, 2.05) is 17.5 Å². The molecule has 0 saturated carbocycles. The van der Waals surface area contributed by atoms with Crippen LogP contribution in [-0.4, -0.2) is 41.6 Å². The van der Waals surface area contributed by atoms with E-state index in [1.54, 1.807) is 4.90 Å². The second-order valence-electron chi connectivity index (χ2n) is 5.15. The molecule has 0 radical (unpaired) electrons. The number of nitrogens with zero attached hydrogens (tertiary/aromatic N) is 2. The van der Waals surface area contributed by atoms with Crippen molar-refractivity contribution in [2.45, 2.75) is 19.9 Å². The van der Waals surface area contributed by atoms with Crippen LogP contribution in [-0.2, 0) is 22.5 Å². The number of amides is 2. The number of hydrogen-bond donors (Lipinski definition) is 1. The van der Waals surface area contributed by atoms with Crippen molar-refractivity contribution in [3.8, 4) is 11.5 Å².